The molecule has 0 spiro atoms. The van der Waals surface area contributed by atoms with Gasteiger partial charge in [-0.2, -0.15) is 16.4 Å². The smallest absolute Gasteiger partial charge is 0.258 e. The Morgan fingerprint density at radius 3 is 3.13 bits per heavy atom. The molecule has 0 aromatic carbocycles. The molecule has 0 aliphatic carbocycles. The molecular weight excluding hydrogens is 350 g/mol. The summed E-state index contributed by atoms with van der Waals surface area (Å²) in [5.74, 6) is 0.636. The number of carbonyl (C=O) groups is 1. The Balaban J connectivity index is 1.71. The van der Waals surface area contributed by atoms with Crippen LogP contribution < -0.4 is 5.32 Å². The van der Waals surface area contributed by atoms with E-state index in [1.165, 1.54) is 22.7 Å². The third kappa shape index (κ3) is 3.63. The van der Waals surface area contributed by atoms with Gasteiger partial charge in [0.25, 0.3) is 5.91 Å². The fraction of sp³-hybridized carbons (Fsp3) is 0.143. The fourth-order valence-electron chi connectivity index (χ4n) is 1.97. The van der Waals surface area contributed by atoms with Crippen LogP contribution in [-0.4, -0.2) is 25.7 Å². The predicted molar refractivity (Wildman–Crippen MR) is 94.8 cm³/mol. The number of hydrogen-bond donors (Lipinski definition) is 2. The number of thiazole rings is 1. The van der Waals surface area contributed by atoms with Crippen molar-refractivity contribution in [1.82, 2.24) is 19.7 Å². The van der Waals surface area contributed by atoms with E-state index in [2.05, 4.69) is 27.1 Å². The standard InChI is InChI=1S/C14H13N5OS3/c1-2-4-19-11(17-18-14(19)21)6-10-8-23-13(15-10)16-12(20)9-3-5-22-7-9/h2-3,5,7-8H,1,4,6H2,(H,18,21)(H,15,16,20). The van der Waals surface area contributed by atoms with E-state index in [0.717, 1.165) is 11.5 Å². The van der Waals surface area contributed by atoms with E-state index in [9.17, 15) is 4.79 Å². The van der Waals surface area contributed by atoms with Crippen molar-refractivity contribution in [2.75, 3.05) is 5.32 Å². The van der Waals surface area contributed by atoms with Gasteiger partial charge in [-0.1, -0.05) is 6.08 Å². The number of rotatable bonds is 6. The van der Waals surface area contributed by atoms with Gasteiger partial charge in [0.1, 0.15) is 5.82 Å². The lowest BCUT2D eigenvalue weighted by molar-refractivity contribution is 0.102. The van der Waals surface area contributed by atoms with Crippen molar-refractivity contribution >= 4 is 45.9 Å². The molecule has 0 saturated heterocycles. The molecule has 3 aromatic rings. The first-order valence-electron chi connectivity index (χ1n) is 6.70. The minimum absolute atomic E-state index is 0.151. The molecule has 3 rings (SSSR count). The van der Waals surface area contributed by atoms with Crippen LogP contribution in [-0.2, 0) is 13.0 Å². The zero-order valence-electron chi connectivity index (χ0n) is 12.0. The van der Waals surface area contributed by atoms with E-state index in [1.54, 1.807) is 17.5 Å². The number of thiophene rings is 1. The average molecular weight is 363 g/mol. The molecule has 0 atom stereocenters. The maximum atomic E-state index is 12.0. The van der Waals surface area contributed by atoms with Gasteiger partial charge in [-0.25, -0.2) is 4.98 Å². The lowest BCUT2D eigenvalue weighted by Crippen LogP contribution is -2.10. The van der Waals surface area contributed by atoms with E-state index in [4.69, 9.17) is 12.2 Å². The Hall–Kier alpha value is -2.10. The Kier molecular flexibility index (Phi) is 4.79. The van der Waals surface area contributed by atoms with Crippen molar-refractivity contribution in [3.8, 4) is 0 Å². The fourth-order valence-corrected chi connectivity index (χ4v) is 3.54. The highest BCUT2D eigenvalue weighted by molar-refractivity contribution is 7.71. The van der Waals surface area contributed by atoms with Crippen molar-refractivity contribution < 1.29 is 4.79 Å². The van der Waals surface area contributed by atoms with Crippen molar-refractivity contribution in [2.45, 2.75) is 13.0 Å². The molecule has 3 aromatic heterocycles. The van der Waals surface area contributed by atoms with E-state index in [-0.39, 0.29) is 5.91 Å². The first-order chi connectivity index (χ1) is 11.2. The molecule has 2 N–H and O–H groups in total. The first kappa shape index (κ1) is 15.8. The molecule has 3 heterocycles. The summed E-state index contributed by atoms with van der Waals surface area (Å²) in [4.78, 5) is 16.4. The number of amides is 1. The summed E-state index contributed by atoms with van der Waals surface area (Å²) in [6.07, 6.45) is 2.30. The van der Waals surface area contributed by atoms with Crippen LogP contribution in [0.1, 0.15) is 21.9 Å². The number of carbonyl (C=O) groups excluding carboxylic acids is 1. The maximum Gasteiger partial charge on any atom is 0.258 e. The Bertz CT molecular complexity index is 875. The predicted octanol–water partition coefficient (Wildman–Crippen LogP) is 3.49. The van der Waals surface area contributed by atoms with Crippen LogP contribution in [0.25, 0.3) is 0 Å². The Morgan fingerprint density at radius 1 is 1.52 bits per heavy atom. The van der Waals surface area contributed by atoms with Crippen LogP contribution in [0.15, 0.2) is 34.9 Å². The molecular formula is C14H13N5OS3. The van der Waals surface area contributed by atoms with Crippen molar-refractivity contribution in [2.24, 2.45) is 0 Å². The highest BCUT2D eigenvalue weighted by atomic mass is 32.1. The number of aromatic nitrogens is 4. The quantitative estimate of drug-likeness (QED) is 0.519. The normalized spacial score (nSPS) is 10.6. The molecule has 0 radical (unpaired) electrons. The van der Waals surface area contributed by atoms with Crippen molar-refractivity contribution in [3.05, 3.63) is 56.7 Å². The second kappa shape index (κ2) is 6.99. The molecule has 0 aliphatic heterocycles. The largest absolute Gasteiger partial charge is 0.300 e. The first-order valence-corrected chi connectivity index (χ1v) is 8.93. The number of H-pyrrole nitrogens is 1. The van der Waals surface area contributed by atoms with Gasteiger partial charge < -0.3 is 0 Å². The van der Waals surface area contributed by atoms with E-state index in [1.807, 2.05) is 15.3 Å². The molecule has 0 unspecified atom stereocenters. The second-order valence-corrected chi connectivity index (χ2v) is 6.66. The summed E-state index contributed by atoms with van der Waals surface area (Å²) >= 11 is 8.06. The molecule has 0 bridgehead atoms. The van der Waals surface area contributed by atoms with E-state index < -0.39 is 0 Å². The molecule has 118 valence electrons. The van der Waals surface area contributed by atoms with Gasteiger partial charge in [-0.05, 0) is 23.7 Å². The van der Waals surface area contributed by atoms with Crippen LogP contribution in [0.2, 0.25) is 0 Å². The average Bonchev–Trinajstić information content (AvgIpc) is 3.25. The van der Waals surface area contributed by atoms with Crippen molar-refractivity contribution in [3.63, 3.8) is 0 Å². The third-order valence-electron chi connectivity index (χ3n) is 3.04. The summed E-state index contributed by atoms with van der Waals surface area (Å²) in [7, 11) is 0. The zero-order valence-corrected chi connectivity index (χ0v) is 14.4. The van der Waals surface area contributed by atoms with Crippen LogP contribution in [0, 0.1) is 4.77 Å². The molecule has 6 nitrogen and oxygen atoms in total. The lowest BCUT2D eigenvalue weighted by Gasteiger charge is -2.01. The number of nitrogens with zero attached hydrogens (tertiary/aromatic N) is 3. The van der Waals surface area contributed by atoms with Crippen molar-refractivity contribution in [1.29, 1.82) is 0 Å². The lowest BCUT2D eigenvalue weighted by atomic mass is 10.3. The van der Waals surface area contributed by atoms with Gasteiger partial charge in [0, 0.05) is 17.3 Å². The van der Waals surface area contributed by atoms with E-state index in [0.29, 0.717) is 28.4 Å². The highest BCUT2D eigenvalue weighted by Gasteiger charge is 2.12. The van der Waals surface area contributed by atoms with Gasteiger partial charge in [0.2, 0.25) is 0 Å². The summed E-state index contributed by atoms with van der Waals surface area (Å²) in [6.45, 7) is 4.31. The Morgan fingerprint density at radius 2 is 2.39 bits per heavy atom. The number of aromatic amines is 1. The van der Waals surface area contributed by atoms with E-state index >= 15 is 0 Å². The number of anilines is 1. The van der Waals surface area contributed by atoms with Gasteiger partial charge in [0.05, 0.1) is 17.7 Å². The summed E-state index contributed by atoms with van der Waals surface area (Å²) in [5.41, 5.74) is 1.47. The maximum absolute atomic E-state index is 12.0. The van der Waals surface area contributed by atoms with Gasteiger partial charge >= 0.3 is 0 Å². The molecule has 0 aliphatic rings. The van der Waals surface area contributed by atoms with Gasteiger partial charge in [0.15, 0.2) is 9.90 Å². The number of hydrogen-bond acceptors (Lipinski definition) is 6. The summed E-state index contributed by atoms with van der Waals surface area (Å²) < 4.78 is 2.42. The summed E-state index contributed by atoms with van der Waals surface area (Å²) in [5, 5.41) is 15.9. The minimum atomic E-state index is -0.151. The van der Waals surface area contributed by atoms with Crippen LogP contribution in [0.5, 0.6) is 0 Å². The zero-order chi connectivity index (χ0) is 16.2. The molecule has 0 fully saturated rings. The molecule has 0 saturated carbocycles. The minimum Gasteiger partial charge on any atom is -0.300 e. The third-order valence-corrected chi connectivity index (χ3v) is 4.85. The topological polar surface area (TPSA) is 75.6 Å². The van der Waals surface area contributed by atoms with Gasteiger partial charge in [-0.15, -0.1) is 17.9 Å². The molecule has 9 heteroatoms. The summed E-state index contributed by atoms with van der Waals surface area (Å²) in [6, 6.07) is 1.78. The number of allylic oxidation sites excluding steroid dienone is 1. The molecule has 23 heavy (non-hydrogen) atoms. The van der Waals surface area contributed by atoms with Gasteiger partial charge in [-0.3, -0.25) is 19.8 Å². The Labute approximate surface area is 145 Å². The van der Waals surface area contributed by atoms with Crippen LogP contribution >= 0.6 is 34.9 Å². The monoisotopic (exact) mass is 363 g/mol. The van der Waals surface area contributed by atoms with Crippen LogP contribution in [0.4, 0.5) is 5.13 Å². The second-order valence-electron chi connectivity index (χ2n) is 4.63. The highest BCUT2D eigenvalue weighted by Crippen LogP contribution is 2.19. The molecule has 1 amide bonds. The SMILES string of the molecule is C=CCn1c(Cc2csc(NC(=O)c3ccsc3)n2)n[nH]c1=S. The van der Waals surface area contributed by atoms with Crippen LogP contribution in [0.3, 0.4) is 0 Å². The number of nitrogens with one attached hydrogen (secondary N) is 2.